The van der Waals surface area contributed by atoms with Gasteiger partial charge in [-0.25, -0.2) is 4.79 Å². The predicted molar refractivity (Wildman–Crippen MR) is 85.2 cm³/mol. The first-order valence-electron chi connectivity index (χ1n) is 6.84. The highest BCUT2D eigenvalue weighted by atomic mass is 16.5. The fraction of sp³-hybridized carbons (Fsp3) is 0.111. The first-order chi connectivity index (χ1) is 11.1. The van der Waals surface area contributed by atoms with E-state index in [2.05, 4.69) is 0 Å². The number of methoxy groups -OCH3 is 1. The van der Waals surface area contributed by atoms with Gasteiger partial charge in [0, 0.05) is 12.1 Å². The summed E-state index contributed by atoms with van der Waals surface area (Å²) >= 11 is 0. The standard InChI is InChI=1S/C18H15NO4/c1-22-16-10-15(11-19)14(7-8-18(20)21)9-17(16)23-12-13-5-3-2-4-6-13/h2-10H,12H2,1H3,(H,20,21)/b8-7+. The van der Waals surface area contributed by atoms with Crippen molar-refractivity contribution in [2.24, 2.45) is 0 Å². The van der Waals surface area contributed by atoms with Crippen LogP contribution in [0.1, 0.15) is 16.7 Å². The molecule has 2 aromatic rings. The average molecular weight is 309 g/mol. The molecule has 5 heteroatoms. The summed E-state index contributed by atoms with van der Waals surface area (Å²) in [7, 11) is 1.48. The van der Waals surface area contributed by atoms with Crippen molar-refractivity contribution in [1.29, 1.82) is 5.26 Å². The third kappa shape index (κ3) is 4.35. The normalized spacial score (nSPS) is 10.3. The zero-order valence-corrected chi connectivity index (χ0v) is 12.5. The van der Waals surface area contributed by atoms with Crippen LogP contribution in [0.4, 0.5) is 0 Å². The Morgan fingerprint density at radius 3 is 2.61 bits per heavy atom. The summed E-state index contributed by atoms with van der Waals surface area (Å²) in [5.41, 5.74) is 1.76. The van der Waals surface area contributed by atoms with Crippen LogP contribution in [-0.4, -0.2) is 18.2 Å². The zero-order valence-electron chi connectivity index (χ0n) is 12.5. The minimum absolute atomic E-state index is 0.311. The third-order valence-electron chi connectivity index (χ3n) is 3.10. The number of nitrogens with zero attached hydrogens (tertiary/aromatic N) is 1. The maximum atomic E-state index is 10.7. The first kappa shape index (κ1) is 16.1. The van der Waals surface area contributed by atoms with Crippen molar-refractivity contribution in [2.45, 2.75) is 6.61 Å². The van der Waals surface area contributed by atoms with Crippen LogP contribution in [0, 0.1) is 11.3 Å². The molecule has 0 saturated carbocycles. The average Bonchev–Trinajstić information content (AvgIpc) is 2.58. The number of rotatable bonds is 6. The van der Waals surface area contributed by atoms with E-state index in [4.69, 9.17) is 14.6 Å². The number of hydrogen-bond donors (Lipinski definition) is 1. The van der Waals surface area contributed by atoms with Gasteiger partial charge in [0.15, 0.2) is 11.5 Å². The van der Waals surface area contributed by atoms with Crippen molar-refractivity contribution in [3.63, 3.8) is 0 Å². The van der Waals surface area contributed by atoms with E-state index in [-0.39, 0.29) is 0 Å². The van der Waals surface area contributed by atoms with Crippen molar-refractivity contribution in [1.82, 2.24) is 0 Å². The lowest BCUT2D eigenvalue weighted by atomic mass is 10.1. The number of nitriles is 1. The van der Waals surface area contributed by atoms with Crippen LogP contribution in [-0.2, 0) is 11.4 Å². The van der Waals surface area contributed by atoms with Gasteiger partial charge < -0.3 is 14.6 Å². The first-order valence-corrected chi connectivity index (χ1v) is 6.84. The smallest absolute Gasteiger partial charge is 0.328 e. The van der Waals surface area contributed by atoms with Gasteiger partial charge >= 0.3 is 5.97 Å². The summed E-state index contributed by atoms with van der Waals surface area (Å²) in [6, 6.07) is 14.7. The van der Waals surface area contributed by atoms with E-state index in [9.17, 15) is 10.1 Å². The molecule has 0 aromatic heterocycles. The van der Waals surface area contributed by atoms with Gasteiger partial charge in [-0.05, 0) is 23.3 Å². The molecule has 2 rings (SSSR count). The van der Waals surface area contributed by atoms with E-state index < -0.39 is 5.97 Å². The molecule has 1 N–H and O–H groups in total. The molecule has 116 valence electrons. The Morgan fingerprint density at radius 1 is 1.26 bits per heavy atom. The second-order valence-corrected chi connectivity index (χ2v) is 4.65. The lowest BCUT2D eigenvalue weighted by molar-refractivity contribution is -0.131. The molecular weight excluding hydrogens is 294 g/mol. The molecule has 0 aliphatic carbocycles. The topological polar surface area (TPSA) is 79.5 Å². The number of ether oxygens (including phenoxy) is 2. The number of hydrogen-bond acceptors (Lipinski definition) is 4. The Morgan fingerprint density at radius 2 is 2.00 bits per heavy atom. The zero-order chi connectivity index (χ0) is 16.7. The number of carboxylic acid groups (broad SMARTS) is 1. The van der Waals surface area contributed by atoms with E-state index in [0.29, 0.717) is 29.2 Å². The van der Waals surface area contributed by atoms with E-state index >= 15 is 0 Å². The van der Waals surface area contributed by atoms with Crippen molar-refractivity contribution in [3.05, 3.63) is 65.2 Å². The maximum absolute atomic E-state index is 10.7. The van der Waals surface area contributed by atoms with Gasteiger partial charge in [-0.3, -0.25) is 0 Å². The van der Waals surface area contributed by atoms with Gasteiger partial charge in [-0.2, -0.15) is 5.26 Å². The number of carboxylic acids is 1. The van der Waals surface area contributed by atoms with Crippen molar-refractivity contribution < 1.29 is 19.4 Å². The van der Waals surface area contributed by atoms with E-state index in [1.165, 1.54) is 19.3 Å². The van der Waals surface area contributed by atoms with E-state index in [1.807, 2.05) is 36.4 Å². The second kappa shape index (κ2) is 7.66. The molecule has 0 aliphatic rings. The molecule has 0 fully saturated rings. The molecule has 0 heterocycles. The fourth-order valence-electron chi connectivity index (χ4n) is 1.98. The van der Waals surface area contributed by atoms with Crippen LogP contribution in [0.15, 0.2) is 48.5 Å². The molecular formula is C18H15NO4. The van der Waals surface area contributed by atoms with E-state index in [1.54, 1.807) is 6.07 Å². The Kier molecular flexibility index (Phi) is 5.37. The molecule has 2 aromatic carbocycles. The molecule has 0 radical (unpaired) electrons. The van der Waals surface area contributed by atoms with Crippen LogP contribution in [0.25, 0.3) is 6.08 Å². The van der Waals surface area contributed by atoms with Gasteiger partial charge in [0.2, 0.25) is 0 Å². The number of aliphatic carboxylic acids is 1. The molecule has 0 unspecified atom stereocenters. The van der Waals surface area contributed by atoms with Crippen LogP contribution >= 0.6 is 0 Å². The van der Waals surface area contributed by atoms with E-state index in [0.717, 1.165) is 11.6 Å². The van der Waals surface area contributed by atoms with Crippen LogP contribution in [0.2, 0.25) is 0 Å². The number of benzene rings is 2. The van der Waals surface area contributed by atoms with Gasteiger partial charge in [-0.15, -0.1) is 0 Å². The van der Waals surface area contributed by atoms with Crippen molar-refractivity contribution in [3.8, 4) is 17.6 Å². The Hall–Kier alpha value is -3.26. The summed E-state index contributed by atoms with van der Waals surface area (Å²) in [6.07, 6.45) is 2.33. The lowest BCUT2D eigenvalue weighted by Gasteiger charge is -2.12. The van der Waals surface area contributed by atoms with Gasteiger partial charge in [0.1, 0.15) is 6.61 Å². The van der Waals surface area contributed by atoms with Crippen LogP contribution in [0.5, 0.6) is 11.5 Å². The van der Waals surface area contributed by atoms with Crippen LogP contribution in [0.3, 0.4) is 0 Å². The Labute approximate surface area is 134 Å². The molecule has 0 amide bonds. The maximum Gasteiger partial charge on any atom is 0.328 e. The third-order valence-corrected chi connectivity index (χ3v) is 3.10. The SMILES string of the molecule is COc1cc(C#N)c(/C=C/C(=O)O)cc1OCc1ccccc1. The molecule has 0 aliphatic heterocycles. The Bertz CT molecular complexity index is 761. The highest BCUT2D eigenvalue weighted by Gasteiger charge is 2.11. The van der Waals surface area contributed by atoms with Crippen molar-refractivity contribution in [2.75, 3.05) is 7.11 Å². The summed E-state index contributed by atoms with van der Waals surface area (Å²) in [6.45, 7) is 0.338. The van der Waals surface area contributed by atoms with Gasteiger partial charge in [-0.1, -0.05) is 30.3 Å². The fourth-order valence-corrected chi connectivity index (χ4v) is 1.98. The molecule has 0 atom stereocenters. The summed E-state index contributed by atoms with van der Waals surface area (Å²) < 4.78 is 11.0. The monoisotopic (exact) mass is 309 g/mol. The Balaban J connectivity index is 2.31. The highest BCUT2D eigenvalue weighted by Crippen LogP contribution is 2.32. The largest absolute Gasteiger partial charge is 0.493 e. The number of carbonyl (C=O) groups is 1. The second-order valence-electron chi connectivity index (χ2n) is 4.65. The molecule has 23 heavy (non-hydrogen) atoms. The molecule has 5 nitrogen and oxygen atoms in total. The summed E-state index contributed by atoms with van der Waals surface area (Å²) in [5, 5.41) is 17.9. The minimum Gasteiger partial charge on any atom is -0.493 e. The summed E-state index contributed by atoms with van der Waals surface area (Å²) in [5.74, 6) is -0.221. The lowest BCUT2D eigenvalue weighted by Crippen LogP contribution is -1.99. The van der Waals surface area contributed by atoms with Gasteiger partial charge in [0.05, 0.1) is 18.7 Å². The molecule has 0 saturated heterocycles. The molecule has 0 bridgehead atoms. The van der Waals surface area contributed by atoms with Gasteiger partial charge in [0.25, 0.3) is 0 Å². The predicted octanol–water partition coefficient (Wildman–Crippen LogP) is 3.24. The minimum atomic E-state index is -1.09. The van der Waals surface area contributed by atoms with Crippen molar-refractivity contribution >= 4 is 12.0 Å². The quantitative estimate of drug-likeness (QED) is 0.829. The highest BCUT2D eigenvalue weighted by molar-refractivity contribution is 5.86. The summed E-state index contributed by atoms with van der Waals surface area (Å²) in [4.78, 5) is 10.7. The molecule has 0 spiro atoms. The van der Waals surface area contributed by atoms with Crippen LogP contribution < -0.4 is 9.47 Å².